The van der Waals surface area contributed by atoms with Gasteiger partial charge in [-0.15, -0.1) is 0 Å². The zero-order valence-electron chi connectivity index (χ0n) is 10.5. The van der Waals surface area contributed by atoms with Crippen LogP contribution >= 0.6 is 11.8 Å². The Balaban J connectivity index is 1.76. The highest BCUT2D eigenvalue weighted by atomic mass is 32.2. The molecule has 4 heteroatoms. The van der Waals surface area contributed by atoms with Crippen LogP contribution in [0.4, 0.5) is 0 Å². The standard InChI is InChI=1S/C13H20N2OS/c1-10(2)5-14-6-11-3-4-13(15-7-11)17-12-8-16-9-12/h3-4,7,10,12,14H,5-6,8-9H2,1-2H3. The van der Waals surface area contributed by atoms with Gasteiger partial charge in [-0.2, -0.15) is 0 Å². The predicted molar refractivity (Wildman–Crippen MR) is 71.2 cm³/mol. The molecule has 0 radical (unpaired) electrons. The van der Waals surface area contributed by atoms with Gasteiger partial charge in [-0.05, 0) is 24.1 Å². The summed E-state index contributed by atoms with van der Waals surface area (Å²) in [7, 11) is 0. The molecule has 0 amide bonds. The van der Waals surface area contributed by atoms with E-state index in [1.54, 1.807) is 0 Å². The average Bonchev–Trinajstić information content (AvgIpc) is 2.25. The van der Waals surface area contributed by atoms with Crippen molar-refractivity contribution < 1.29 is 4.74 Å². The number of thioether (sulfide) groups is 1. The Morgan fingerprint density at radius 2 is 2.29 bits per heavy atom. The third kappa shape index (κ3) is 4.30. The summed E-state index contributed by atoms with van der Waals surface area (Å²) in [6, 6.07) is 4.26. The summed E-state index contributed by atoms with van der Waals surface area (Å²) in [5.41, 5.74) is 1.25. The largest absolute Gasteiger partial charge is 0.379 e. The number of nitrogens with one attached hydrogen (secondary N) is 1. The van der Waals surface area contributed by atoms with Gasteiger partial charge in [0.1, 0.15) is 0 Å². The average molecular weight is 252 g/mol. The van der Waals surface area contributed by atoms with Crippen molar-refractivity contribution in [3.8, 4) is 0 Å². The summed E-state index contributed by atoms with van der Waals surface area (Å²) in [5.74, 6) is 0.691. The van der Waals surface area contributed by atoms with Crippen molar-refractivity contribution >= 4 is 11.8 Å². The highest BCUT2D eigenvalue weighted by Crippen LogP contribution is 2.26. The Hall–Kier alpha value is -0.580. The fourth-order valence-corrected chi connectivity index (χ4v) is 2.47. The first-order chi connectivity index (χ1) is 8.24. The molecule has 0 aliphatic carbocycles. The maximum absolute atomic E-state index is 5.15. The summed E-state index contributed by atoms with van der Waals surface area (Å²) in [5, 5.41) is 5.12. The molecule has 0 unspecified atom stereocenters. The van der Waals surface area contributed by atoms with Crippen molar-refractivity contribution in [1.29, 1.82) is 0 Å². The fraction of sp³-hybridized carbons (Fsp3) is 0.615. The maximum atomic E-state index is 5.15. The first kappa shape index (κ1) is 12.9. The molecule has 94 valence electrons. The molecular weight excluding hydrogens is 232 g/mol. The Labute approximate surface area is 107 Å². The van der Waals surface area contributed by atoms with E-state index in [2.05, 4.69) is 36.3 Å². The Morgan fingerprint density at radius 1 is 1.47 bits per heavy atom. The third-order valence-corrected chi connectivity index (χ3v) is 3.66. The van der Waals surface area contributed by atoms with E-state index >= 15 is 0 Å². The minimum absolute atomic E-state index is 0.604. The van der Waals surface area contributed by atoms with Gasteiger partial charge in [-0.1, -0.05) is 31.7 Å². The molecule has 1 aromatic heterocycles. The minimum atomic E-state index is 0.604. The highest BCUT2D eigenvalue weighted by Gasteiger charge is 2.19. The van der Waals surface area contributed by atoms with Gasteiger partial charge in [0, 0.05) is 12.7 Å². The Kier molecular flexibility index (Phi) is 4.83. The van der Waals surface area contributed by atoms with Crippen molar-refractivity contribution in [3.05, 3.63) is 23.9 Å². The molecule has 1 aromatic rings. The van der Waals surface area contributed by atoms with Crippen LogP contribution in [0.3, 0.4) is 0 Å². The molecule has 1 saturated heterocycles. The van der Waals surface area contributed by atoms with Gasteiger partial charge >= 0.3 is 0 Å². The monoisotopic (exact) mass is 252 g/mol. The molecule has 1 aliphatic heterocycles. The fourth-order valence-electron chi connectivity index (χ4n) is 1.54. The molecule has 0 spiro atoms. The normalized spacial score (nSPS) is 16.2. The van der Waals surface area contributed by atoms with Gasteiger partial charge in [0.2, 0.25) is 0 Å². The van der Waals surface area contributed by atoms with Gasteiger partial charge in [0.25, 0.3) is 0 Å². The SMILES string of the molecule is CC(C)CNCc1ccc(SC2COC2)nc1. The van der Waals surface area contributed by atoms with E-state index in [9.17, 15) is 0 Å². The lowest BCUT2D eigenvalue weighted by Gasteiger charge is -2.24. The second-order valence-corrected chi connectivity index (χ2v) is 6.13. The summed E-state index contributed by atoms with van der Waals surface area (Å²) in [6.45, 7) is 8.12. The molecule has 0 bridgehead atoms. The van der Waals surface area contributed by atoms with E-state index in [1.165, 1.54) is 5.56 Å². The molecule has 2 heterocycles. The summed E-state index contributed by atoms with van der Waals surface area (Å²) < 4.78 is 5.15. The molecular formula is C13H20N2OS. The van der Waals surface area contributed by atoms with Gasteiger partial charge in [-0.25, -0.2) is 4.98 Å². The van der Waals surface area contributed by atoms with Crippen LogP contribution in [0.1, 0.15) is 19.4 Å². The lowest BCUT2D eigenvalue weighted by molar-refractivity contribution is 0.0454. The van der Waals surface area contributed by atoms with Gasteiger partial charge in [0.05, 0.1) is 23.5 Å². The number of rotatable bonds is 6. The van der Waals surface area contributed by atoms with Crippen LogP contribution in [0.25, 0.3) is 0 Å². The maximum Gasteiger partial charge on any atom is 0.0964 e. The molecule has 1 fully saturated rings. The predicted octanol–water partition coefficient (Wildman–Crippen LogP) is 2.32. The molecule has 0 atom stereocenters. The van der Waals surface area contributed by atoms with E-state index in [-0.39, 0.29) is 0 Å². The smallest absolute Gasteiger partial charge is 0.0964 e. The second kappa shape index (κ2) is 6.38. The van der Waals surface area contributed by atoms with Crippen LogP contribution in [0, 0.1) is 5.92 Å². The highest BCUT2D eigenvalue weighted by molar-refractivity contribution is 8.00. The van der Waals surface area contributed by atoms with Crippen LogP contribution in [0.15, 0.2) is 23.4 Å². The van der Waals surface area contributed by atoms with Crippen LogP contribution in [-0.2, 0) is 11.3 Å². The van der Waals surface area contributed by atoms with Gasteiger partial charge < -0.3 is 10.1 Å². The number of ether oxygens (including phenoxy) is 1. The van der Waals surface area contributed by atoms with Gasteiger partial charge in [-0.3, -0.25) is 0 Å². The van der Waals surface area contributed by atoms with Crippen molar-refractivity contribution in [2.75, 3.05) is 19.8 Å². The summed E-state index contributed by atoms with van der Waals surface area (Å²) in [6.07, 6.45) is 1.97. The number of pyridine rings is 1. The van der Waals surface area contributed by atoms with Crippen molar-refractivity contribution in [2.24, 2.45) is 5.92 Å². The van der Waals surface area contributed by atoms with Crippen molar-refractivity contribution in [2.45, 2.75) is 30.7 Å². The van der Waals surface area contributed by atoms with E-state index in [4.69, 9.17) is 4.74 Å². The zero-order chi connectivity index (χ0) is 12.1. The molecule has 17 heavy (non-hydrogen) atoms. The first-order valence-electron chi connectivity index (χ1n) is 6.14. The second-order valence-electron chi connectivity index (χ2n) is 4.81. The van der Waals surface area contributed by atoms with E-state index in [0.717, 1.165) is 31.3 Å². The van der Waals surface area contributed by atoms with Crippen LogP contribution < -0.4 is 5.32 Å². The summed E-state index contributed by atoms with van der Waals surface area (Å²) >= 11 is 1.81. The first-order valence-corrected chi connectivity index (χ1v) is 7.02. The summed E-state index contributed by atoms with van der Waals surface area (Å²) in [4.78, 5) is 4.47. The number of hydrogen-bond donors (Lipinski definition) is 1. The van der Waals surface area contributed by atoms with E-state index < -0.39 is 0 Å². The Morgan fingerprint density at radius 3 is 2.82 bits per heavy atom. The number of hydrogen-bond acceptors (Lipinski definition) is 4. The van der Waals surface area contributed by atoms with Crippen LogP contribution in [0.5, 0.6) is 0 Å². The lowest BCUT2D eigenvalue weighted by Crippen LogP contribution is -2.30. The molecule has 0 saturated carbocycles. The topological polar surface area (TPSA) is 34.1 Å². The van der Waals surface area contributed by atoms with Gasteiger partial charge in [0.15, 0.2) is 0 Å². The van der Waals surface area contributed by atoms with Crippen molar-refractivity contribution in [1.82, 2.24) is 10.3 Å². The molecule has 1 aliphatic rings. The molecule has 2 rings (SSSR count). The van der Waals surface area contributed by atoms with E-state index in [1.807, 2.05) is 18.0 Å². The molecule has 1 N–H and O–H groups in total. The minimum Gasteiger partial charge on any atom is -0.379 e. The molecule has 3 nitrogen and oxygen atoms in total. The zero-order valence-corrected chi connectivity index (χ0v) is 11.3. The van der Waals surface area contributed by atoms with E-state index in [0.29, 0.717) is 11.2 Å². The molecule has 0 aromatic carbocycles. The van der Waals surface area contributed by atoms with Crippen LogP contribution in [-0.4, -0.2) is 30.0 Å². The third-order valence-electron chi connectivity index (χ3n) is 2.57. The van der Waals surface area contributed by atoms with Crippen LogP contribution in [0.2, 0.25) is 0 Å². The quantitative estimate of drug-likeness (QED) is 0.842. The number of nitrogens with zero attached hydrogens (tertiary/aromatic N) is 1. The number of aromatic nitrogens is 1. The van der Waals surface area contributed by atoms with Crippen molar-refractivity contribution in [3.63, 3.8) is 0 Å². The lowest BCUT2D eigenvalue weighted by atomic mass is 10.2. The Bertz CT molecular complexity index is 336.